The van der Waals surface area contributed by atoms with E-state index in [1.165, 1.54) is 19.3 Å². The minimum atomic E-state index is -3.38. The van der Waals surface area contributed by atoms with Crippen molar-refractivity contribution in [2.24, 2.45) is 0 Å². The van der Waals surface area contributed by atoms with E-state index in [-0.39, 0.29) is 27.9 Å². The maximum Gasteiger partial charge on any atom is 0.420 e. The van der Waals surface area contributed by atoms with Crippen molar-refractivity contribution < 1.29 is 17.9 Å². The van der Waals surface area contributed by atoms with Gasteiger partial charge >= 0.3 is 6.11 Å². The summed E-state index contributed by atoms with van der Waals surface area (Å²) >= 11 is 0. The molecule has 1 saturated heterocycles. The summed E-state index contributed by atoms with van der Waals surface area (Å²) in [6, 6.07) is 6.33. The standard InChI is InChI=1S/C28H48F2N2O2Si/c1-19(2)35(20(3)4,21(5)6)33-18-28(29,30)34-23-14-15-25(22(7)16-23)32-17-27(8,9)31-24-12-10-11-13-26(24)32/h14-16,19-21,24,26,31H,10-13,17-18H2,1-9H3/t24-,26+/m1/s1. The van der Waals surface area contributed by atoms with Crippen LogP contribution < -0.4 is 15.0 Å². The predicted molar refractivity (Wildman–Crippen MR) is 144 cm³/mol. The quantitative estimate of drug-likeness (QED) is 0.346. The highest BCUT2D eigenvalue weighted by atomic mass is 28.4. The first kappa shape index (κ1) is 28.4. The van der Waals surface area contributed by atoms with Gasteiger partial charge in [-0.25, -0.2) is 0 Å². The first-order valence-corrected chi connectivity index (χ1v) is 15.7. The van der Waals surface area contributed by atoms with Gasteiger partial charge in [-0.2, -0.15) is 8.78 Å². The molecular weight excluding hydrogens is 462 g/mol. The van der Waals surface area contributed by atoms with E-state index in [0.29, 0.717) is 12.1 Å². The lowest BCUT2D eigenvalue weighted by molar-refractivity contribution is -0.198. The number of nitrogens with zero attached hydrogens (tertiary/aromatic N) is 1. The Morgan fingerprint density at radius 3 is 2.23 bits per heavy atom. The van der Waals surface area contributed by atoms with Gasteiger partial charge in [0.15, 0.2) is 0 Å². The fourth-order valence-electron chi connectivity index (χ4n) is 6.93. The third-order valence-corrected chi connectivity index (χ3v) is 14.3. The Morgan fingerprint density at radius 2 is 1.66 bits per heavy atom. The van der Waals surface area contributed by atoms with Crippen LogP contribution in [-0.2, 0) is 4.43 Å². The summed E-state index contributed by atoms with van der Waals surface area (Å²) < 4.78 is 41.4. The summed E-state index contributed by atoms with van der Waals surface area (Å²) in [5.74, 6) is 0.195. The number of nitrogens with one attached hydrogen (secondary N) is 1. The Hall–Kier alpha value is -1.18. The molecule has 2 fully saturated rings. The molecule has 2 aliphatic rings. The van der Waals surface area contributed by atoms with Gasteiger partial charge in [-0.1, -0.05) is 54.4 Å². The van der Waals surface area contributed by atoms with Crippen LogP contribution in [0.4, 0.5) is 14.5 Å². The van der Waals surface area contributed by atoms with E-state index in [0.717, 1.165) is 24.2 Å². The molecule has 0 amide bonds. The largest absolute Gasteiger partial charge is 0.431 e. The van der Waals surface area contributed by atoms with Crippen LogP contribution in [0, 0.1) is 6.92 Å². The van der Waals surface area contributed by atoms with Crippen LogP contribution in [0.1, 0.15) is 86.6 Å². The smallest absolute Gasteiger partial charge is 0.420 e. The Labute approximate surface area is 213 Å². The lowest BCUT2D eigenvalue weighted by Gasteiger charge is -2.52. The molecule has 0 unspecified atom stereocenters. The molecule has 1 aliphatic heterocycles. The zero-order valence-corrected chi connectivity index (χ0v) is 24.4. The summed E-state index contributed by atoms with van der Waals surface area (Å²) in [5, 5.41) is 3.83. The minimum Gasteiger partial charge on any atom is -0.431 e. The second-order valence-corrected chi connectivity index (χ2v) is 17.9. The maximum atomic E-state index is 15.0. The average Bonchev–Trinajstić information content (AvgIpc) is 2.72. The summed E-state index contributed by atoms with van der Waals surface area (Å²) in [7, 11) is -2.40. The van der Waals surface area contributed by atoms with Gasteiger partial charge in [0.25, 0.3) is 0 Å². The van der Waals surface area contributed by atoms with Crippen molar-refractivity contribution in [2.75, 3.05) is 18.1 Å². The molecular formula is C28H48F2N2O2Si. The van der Waals surface area contributed by atoms with Crippen LogP contribution in [-0.4, -0.2) is 45.2 Å². The second-order valence-electron chi connectivity index (χ2n) is 12.4. The predicted octanol–water partition coefficient (Wildman–Crippen LogP) is 7.66. The monoisotopic (exact) mass is 510 g/mol. The molecule has 35 heavy (non-hydrogen) atoms. The maximum absolute atomic E-state index is 15.0. The van der Waals surface area contributed by atoms with Crippen LogP contribution in [0.5, 0.6) is 5.75 Å². The minimum absolute atomic E-state index is 0.00409. The summed E-state index contributed by atoms with van der Waals surface area (Å²) in [4.78, 5) is 2.49. The molecule has 1 saturated carbocycles. The van der Waals surface area contributed by atoms with E-state index < -0.39 is 21.0 Å². The molecule has 1 N–H and O–H groups in total. The van der Waals surface area contributed by atoms with E-state index in [1.807, 2.05) is 13.0 Å². The van der Waals surface area contributed by atoms with Gasteiger partial charge in [0.1, 0.15) is 12.4 Å². The second kappa shape index (κ2) is 10.7. The van der Waals surface area contributed by atoms with Crippen molar-refractivity contribution in [3.05, 3.63) is 23.8 Å². The van der Waals surface area contributed by atoms with Crippen LogP contribution in [0.2, 0.25) is 16.6 Å². The zero-order valence-electron chi connectivity index (χ0n) is 23.4. The number of rotatable bonds is 9. The van der Waals surface area contributed by atoms with Gasteiger partial charge in [-0.3, -0.25) is 0 Å². The molecule has 0 bridgehead atoms. The molecule has 0 radical (unpaired) electrons. The topological polar surface area (TPSA) is 33.7 Å². The summed E-state index contributed by atoms with van der Waals surface area (Å²) in [5.41, 5.74) is 2.82. The highest BCUT2D eigenvalue weighted by Crippen LogP contribution is 2.43. The van der Waals surface area contributed by atoms with Crippen LogP contribution in [0.15, 0.2) is 18.2 Å². The van der Waals surface area contributed by atoms with Crippen molar-refractivity contribution in [2.45, 2.75) is 128 Å². The number of hydrogen-bond acceptors (Lipinski definition) is 4. The van der Waals surface area contributed by atoms with E-state index in [9.17, 15) is 8.78 Å². The highest BCUT2D eigenvalue weighted by molar-refractivity contribution is 6.77. The van der Waals surface area contributed by atoms with Gasteiger partial charge in [-0.15, -0.1) is 0 Å². The summed E-state index contributed by atoms with van der Waals surface area (Å²) in [6.07, 6.45) is 1.46. The molecule has 4 nitrogen and oxygen atoms in total. The third kappa shape index (κ3) is 6.21. The Morgan fingerprint density at radius 1 is 1.06 bits per heavy atom. The molecule has 7 heteroatoms. The van der Waals surface area contributed by atoms with Gasteiger partial charge in [0.2, 0.25) is 8.32 Å². The number of halogens is 2. The van der Waals surface area contributed by atoms with Crippen molar-refractivity contribution in [1.29, 1.82) is 0 Å². The molecule has 1 heterocycles. The number of fused-ring (bicyclic) bond motifs is 1. The fourth-order valence-corrected chi connectivity index (χ4v) is 12.3. The summed E-state index contributed by atoms with van der Waals surface area (Å²) in [6.45, 7) is 19.3. The van der Waals surface area contributed by atoms with Crippen molar-refractivity contribution in [3.63, 3.8) is 0 Å². The SMILES string of the molecule is Cc1cc(OC(F)(F)CO[Si](C(C)C)(C(C)C)C(C)C)ccc1N1CC(C)(C)N[C@@H]2CCCC[C@@H]21. The van der Waals surface area contributed by atoms with E-state index in [1.54, 1.807) is 12.1 Å². The van der Waals surface area contributed by atoms with Gasteiger partial charge in [0, 0.05) is 29.9 Å². The molecule has 2 atom stereocenters. The van der Waals surface area contributed by atoms with Crippen molar-refractivity contribution in [3.8, 4) is 5.75 Å². The third-order valence-electron chi connectivity index (χ3n) is 8.21. The number of aryl methyl sites for hydroxylation is 1. The lowest BCUT2D eigenvalue weighted by atomic mass is 9.83. The molecule has 1 aromatic rings. The number of hydrogen-bond donors (Lipinski definition) is 1. The first-order chi connectivity index (χ1) is 16.2. The lowest BCUT2D eigenvalue weighted by Crippen LogP contribution is -2.67. The fraction of sp³-hybridized carbons (Fsp3) is 0.786. The van der Waals surface area contributed by atoms with Crippen molar-refractivity contribution in [1.82, 2.24) is 5.32 Å². The van der Waals surface area contributed by atoms with Gasteiger partial charge in [0.05, 0.1) is 0 Å². The van der Waals surface area contributed by atoms with Gasteiger partial charge < -0.3 is 19.4 Å². The normalized spacial score (nSPS) is 23.2. The Balaban J connectivity index is 1.75. The van der Waals surface area contributed by atoms with Crippen LogP contribution in [0.3, 0.4) is 0 Å². The first-order valence-electron chi connectivity index (χ1n) is 13.5. The Kier molecular flexibility index (Phi) is 8.65. The Bertz CT molecular complexity index is 838. The van der Waals surface area contributed by atoms with E-state index in [2.05, 4.69) is 65.6 Å². The van der Waals surface area contributed by atoms with Crippen LogP contribution >= 0.6 is 0 Å². The molecule has 0 spiro atoms. The molecule has 0 aromatic heterocycles. The number of alkyl halides is 2. The van der Waals surface area contributed by atoms with E-state index >= 15 is 0 Å². The number of benzene rings is 1. The number of anilines is 1. The highest BCUT2D eigenvalue weighted by Gasteiger charge is 2.48. The zero-order chi connectivity index (χ0) is 26.2. The molecule has 1 aromatic carbocycles. The average molecular weight is 511 g/mol. The van der Waals surface area contributed by atoms with Gasteiger partial charge in [-0.05, 0) is 74.0 Å². The molecule has 1 aliphatic carbocycles. The van der Waals surface area contributed by atoms with Crippen LogP contribution in [0.25, 0.3) is 0 Å². The molecule has 3 rings (SSSR count). The number of piperazine rings is 1. The number of ether oxygens (including phenoxy) is 1. The van der Waals surface area contributed by atoms with E-state index in [4.69, 9.17) is 9.16 Å². The van der Waals surface area contributed by atoms with Crippen molar-refractivity contribution >= 4 is 14.0 Å². The molecule has 200 valence electrons.